The second-order valence-corrected chi connectivity index (χ2v) is 6.43. The molecule has 1 unspecified atom stereocenters. The standard InChI is InChI=1S/C16H16N4OS/c1-11-8-18-16(19-9-11)21-12-3-6-20(10-12)15-13-4-7-22-14(13)2-5-17-15/h2,4-5,7-9,12H,3,6,10H2,1H3. The molecule has 0 N–H and O–H groups in total. The van der Waals surface area contributed by atoms with Crippen LogP contribution >= 0.6 is 11.3 Å². The summed E-state index contributed by atoms with van der Waals surface area (Å²) in [6.07, 6.45) is 6.51. The first-order chi connectivity index (χ1) is 10.8. The van der Waals surface area contributed by atoms with Crippen LogP contribution in [0, 0.1) is 6.92 Å². The third-order valence-corrected chi connectivity index (χ3v) is 4.71. The molecule has 0 saturated carbocycles. The first-order valence-electron chi connectivity index (χ1n) is 7.32. The number of aryl methyl sites for hydroxylation is 1. The van der Waals surface area contributed by atoms with Crippen molar-refractivity contribution in [1.82, 2.24) is 15.0 Å². The molecule has 1 aliphatic heterocycles. The van der Waals surface area contributed by atoms with Crippen LogP contribution < -0.4 is 9.64 Å². The third kappa shape index (κ3) is 2.50. The van der Waals surface area contributed by atoms with Gasteiger partial charge in [0, 0.05) is 41.6 Å². The minimum atomic E-state index is 0.110. The lowest BCUT2D eigenvalue weighted by molar-refractivity contribution is 0.206. The number of rotatable bonds is 3. The van der Waals surface area contributed by atoms with E-state index >= 15 is 0 Å². The van der Waals surface area contributed by atoms with Gasteiger partial charge in [-0.15, -0.1) is 11.3 Å². The van der Waals surface area contributed by atoms with Crippen LogP contribution in [-0.4, -0.2) is 34.1 Å². The number of hydrogen-bond donors (Lipinski definition) is 0. The van der Waals surface area contributed by atoms with E-state index in [0.29, 0.717) is 6.01 Å². The molecule has 0 bridgehead atoms. The molecule has 0 amide bonds. The summed E-state index contributed by atoms with van der Waals surface area (Å²) >= 11 is 1.75. The number of hydrogen-bond acceptors (Lipinski definition) is 6. The maximum atomic E-state index is 5.89. The molecule has 3 aromatic heterocycles. The molecule has 112 valence electrons. The second-order valence-electron chi connectivity index (χ2n) is 5.48. The topological polar surface area (TPSA) is 51.1 Å². The van der Waals surface area contributed by atoms with E-state index in [4.69, 9.17) is 4.74 Å². The van der Waals surface area contributed by atoms with Crippen molar-refractivity contribution in [2.45, 2.75) is 19.4 Å². The Kier molecular flexibility index (Phi) is 3.38. The van der Waals surface area contributed by atoms with E-state index in [1.807, 2.05) is 13.1 Å². The first kappa shape index (κ1) is 13.5. The summed E-state index contributed by atoms with van der Waals surface area (Å²) in [6, 6.07) is 4.66. The maximum Gasteiger partial charge on any atom is 0.316 e. The molecule has 3 aromatic rings. The Labute approximate surface area is 132 Å². The van der Waals surface area contributed by atoms with Crippen molar-refractivity contribution in [2.24, 2.45) is 0 Å². The number of pyridine rings is 1. The summed E-state index contributed by atoms with van der Waals surface area (Å²) in [5, 5.41) is 3.33. The van der Waals surface area contributed by atoms with Gasteiger partial charge in [0.25, 0.3) is 0 Å². The van der Waals surface area contributed by atoms with Gasteiger partial charge < -0.3 is 9.64 Å². The Balaban J connectivity index is 1.50. The molecule has 4 rings (SSSR count). The van der Waals surface area contributed by atoms with Crippen molar-refractivity contribution in [3.63, 3.8) is 0 Å². The zero-order valence-corrected chi connectivity index (χ0v) is 13.1. The molecular formula is C16H16N4OS. The van der Waals surface area contributed by atoms with E-state index in [1.165, 1.54) is 10.1 Å². The van der Waals surface area contributed by atoms with Gasteiger partial charge in [-0.25, -0.2) is 15.0 Å². The van der Waals surface area contributed by atoms with E-state index in [-0.39, 0.29) is 6.10 Å². The predicted octanol–water partition coefficient (Wildman–Crippen LogP) is 3.05. The smallest absolute Gasteiger partial charge is 0.316 e. The van der Waals surface area contributed by atoms with Crippen LogP contribution in [0.1, 0.15) is 12.0 Å². The fourth-order valence-electron chi connectivity index (χ4n) is 2.74. The highest BCUT2D eigenvalue weighted by atomic mass is 32.1. The Morgan fingerprint density at radius 3 is 2.95 bits per heavy atom. The van der Waals surface area contributed by atoms with Crippen LogP contribution in [0.5, 0.6) is 6.01 Å². The molecule has 1 atom stereocenters. The number of aromatic nitrogens is 3. The SMILES string of the molecule is Cc1cnc(OC2CCN(c3nccc4sccc34)C2)nc1. The van der Waals surface area contributed by atoms with Crippen molar-refractivity contribution in [1.29, 1.82) is 0 Å². The Morgan fingerprint density at radius 2 is 2.09 bits per heavy atom. The molecule has 1 saturated heterocycles. The Morgan fingerprint density at radius 1 is 1.23 bits per heavy atom. The van der Waals surface area contributed by atoms with Gasteiger partial charge in [0.2, 0.25) is 0 Å². The maximum absolute atomic E-state index is 5.89. The highest BCUT2D eigenvalue weighted by Gasteiger charge is 2.26. The molecule has 1 fully saturated rings. The van der Waals surface area contributed by atoms with Crippen LogP contribution in [0.25, 0.3) is 10.1 Å². The Bertz CT molecular complexity index is 786. The number of thiophene rings is 1. The molecule has 22 heavy (non-hydrogen) atoms. The molecule has 0 aliphatic carbocycles. The molecule has 4 heterocycles. The van der Waals surface area contributed by atoms with Gasteiger partial charge in [-0.2, -0.15) is 0 Å². The number of fused-ring (bicyclic) bond motifs is 1. The van der Waals surface area contributed by atoms with Gasteiger partial charge in [0.05, 0.1) is 6.54 Å². The van der Waals surface area contributed by atoms with E-state index in [0.717, 1.165) is 30.9 Å². The van der Waals surface area contributed by atoms with Crippen molar-refractivity contribution in [3.8, 4) is 6.01 Å². The molecule has 6 heteroatoms. The largest absolute Gasteiger partial charge is 0.458 e. The fourth-order valence-corrected chi connectivity index (χ4v) is 3.52. The second kappa shape index (κ2) is 5.53. The number of nitrogens with zero attached hydrogens (tertiary/aromatic N) is 4. The summed E-state index contributed by atoms with van der Waals surface area (Å²) in [7, 11) is 0. The van der Waals surface area contributed by atoms with E-state index in [1.54, 1.807) is 23.7 Å². The first-order valence-corrected chi connectivity index (χ1v) is 8.20. The van der Waals surface area contributed by atoms with Crippen molar-refractivity contribution >= 4 is 27.2 Å². The number of ether oxygens (including phenoxy) is 1. The lowest BCUT2D eigenvalue weighted by atomic mass is 10.3. The van der Waals surface area contributed by atoms with Crippen LogP contribution in [0.3, 0.4) is 0 Å². The van der Waals surface area contributed by atoms with Gasteiger partial charge in [-0.05, 0) is 30.0 Å². The molecule has 5 nitrogen and oxygen atoms in total. The summed E-state index contributed by atoms with van der Waals surface area (Å²) in [4.78, 5) is 15.3. The van der Waals surface area contributed by atoms with Gasteiger partial charge in [-0.3, -0.25) is 0 Å². The molecule has 1 aliphatic rings. The fraction of sp³-hybridized carbons (Fsp3) is 0.312. The highest BCUT2D eigenvalue weighted by Crippen LogP contribution is 2.30. The van der Waals surface area contributed by atoms with Crippen LogP contribution in [0.4, 0.5) is 5.82 Å². The third-order valence-electron chi connectivity index (χ3n) is 3.83. The van der Waals surface area contributed by atoms with Gasteiger partial charge in [0.1, 0.15) is 11.9 Å². The lowest BCUT2D eigenvalue weighted by Gasteiger charge is -2.18. The molecule has 0 aromatic carbocycles. The van der Waals surface area contributed by atoms with Crippen molar-refractivity contribution in [3.05, 3.63) is 41.7 Å². The van der Waals surface area contributed by atoms with E-state index < -0.39 is 0 Å². The summed E-state index contributed by atoms with van der Waals surface area (Å²) in [5.41, 5.74) is 1.04. The van der Waals surface area contributed by atoms with Crippen LogP contribution in [0.2, 0.25) is 0 Å². The average Bonchev–Trinajstić information content (AvgIpc) is 3.18. The summed E-state index contributed by atoms with van der Waals surface area (Å²) in [5.74, 6) is 1.05. The molecular weight excluding hydrogens is 296 g/mol. The lowest BCUT2D eigenvalue weighted by Crippen LogP contribution is -2.25. The molecule has 0 radical (unpaired) electrons. The van der Waals surface area contributed by atoms with E-state index in [2.05, 4.69) is 37.4 Å². The quantitative estimate of drug-likeness (QED) is 0.744. The zero-order valence-electron chi connectivity index (χ0n) is 12.3. The minimum absolute atomic E-state index is 0.110. The summed E-state index contributed by atoms with van der Waals surface area (Å²) in [6.45, 7) is 3.73. The Hall–Kier alpha value is -2.21. The minimum Gasteiger partial charge on any atom is -0.458 e. The van der Waals surface area contributed by atoms with Crippen LogP contribution in [0.15, 0.2) is 36.1 Å². The van der Waals surface area contributed by atoms with Gasteiger partial charge in [-0.1, -0.05) is 0 Å². The molecule has 0 spiro atoms. The van der Waals surface area contributed by atoms with Crippen molar-refractivity contribution < 1.29 is 4.74 Å². The zero-order chi connectivity index (χ0) is 14.9. The normalized spacial score (nSPS) is 18.0. The van der Waals surface area contributed by atoms with Crippen molar-refractivity contribution in [2.75, 3.05) is 18.0 Å². The van der Waals surface area contributed by atoms with Gasteiger partial charge >= 0.3 is 6.01 Å². The predicted molar refractivity (Wildman–Crippen MR) is 87.6 cm³/mol. The highest BCUT2D eigenvalue weighted by molar-refractivity contribution is 7.17. The van der Waals surface area contributed by atoms with Gasteiger partial charge in [0.15, 0.2) is 0 Å². The monoisotopic (exact) mass is 312 g/mol. The van der Waals surface area contributed by atoms with Crippen LogP contribution in [-0.2, 0) is 0 Å². The van der Waals surface area contributed by atoms with E-state index in [9.17, 15) is 0 Å². The summed E-state index contributed by atoms with van der Waals surface area (Å²) < 4.78 is 7.16. The average molecular weight is 312 g/mol. The number of anilines is 1.